The van der Waals surface area contributed by atoms with Gasteiger partial charge in [0.15, 0.2) is 8.07 Å². The Bertz CT molecular complexity index is 3920. The van der Waals surface area contributed by atoms with Crippen molar-refractivity contribution in [2.24, 2.45) is 0 Å². The number of hydrogen-bond acceptors (Lipinski definition) is 5. The topological polar surface area (TPSA) is 9.72 Å². The summed E-state index contributed by atoms with van der Waals surface area (Å²) in [5.74, 6) is 0. The molecule has 0 saturated carbocycles. The minimum Gasteiger partial charge on any atom is -0.376 e. The monoisotopic (exact) mass is 1030 g/mol. The Morgan fingerprint density at radius 1 is 0.447 bits per heavy atom. The van der Waals surface area contributed by atoms with Crippen molar-refractivity contribution in [3.05, 3.63) is 241 Å². The maximum atomic E-state index is 2.80. The van der Waals surface area contributed by atoms with E-state index in [0.717, 1.165) is 23.5 Å². The molecule has 0 bridgehead atoms. The normalized spacial score (nSPS) is 16.2. The molecule has 0 fully saturated rings. The van der Waals surface area contributed by atoms with Gasteiger partial charge in [-0.1, -0.05) is 203 Å². The molecular formula is C69H56BN3S2Si. The SMILES string of the molecule is Cc1cc2c(cc1N1c3cc4c(cc3B3c5c(cc(N(c6ccccc6)c6ccccc6)cc51)-c1cccc5c1N3c1ccccc1[Si]5(c1ccccc1)c1ccccc1)Sc1ccccc1S4)C(C)(C)CCC2(C)C. The summed E-state index contributed by atoms with van der Waals surface area (Å²) >= 11 is 3.84. The molecule has 76 heavy (non-hydrogen) atoms. The van der Waals surface area contributed by atoms with Gasteiger partial charge in [0.2, 0.25) is 0 Å². The van der Waals surface area contributed by atoms with E-state index >= 15 is 0 Å². The van der Waals surface area contributed by atoms with Crippen LogP contribution in [0, 0.1) is 6.92 Å². The molecule has 0 saturated heterocycles. The largest absolute Gasteiger partial charge is 0.376 e. The Kier molecular flexibility index (Phi) is 10.3. The average molecular weight is 1030 g/mol. The van der Waals surface area contributed by atoms with Gasteiger partial charge in [0, 0.05) is 70.6 Å². The summed E-state index contributed by atoms with van der Waals surface area (Å²) in [5.41, 5.74) is 19.3. The van der Waals surface area contributed by atoms with Crippen LogP contribution in [0.1, 0.15) is 57.2 Å². The lowest BCUT2D eigenvalue weighted by Crippen LogP contribution is -2.79. The molecule has 0 amide bonds. The Morgan fingerprint density at radius 3 is 1.62 bits per heavy atom. The van der Waals surface area contributed by atoms with Gasteiger partial charge in [0.05, 0.1) is 0 Å². The first-order valence-electron chi connectivity index (χ1n) is 26.9. The average Bonchev–Trinajstić information content (AvgIpc) is 3.50. The number of fused-ring (bicyclic) bond motifs is 9. The number of hydrogen-bond donors (Lipinski definition) is 0. The summed E-state index contributed by atoms with van der Waals surface area (Å²) in [6, 6.07) is 86.1. The summed E-state index contributed by atoms with van der Waals surface area (Å²) in [4.78, 5) is 13.2. The molecule has 0 radical (unpaired) electrons. The van der Waals surface area contributed by atoms with E-state index in [1.165, 1.54) is 114 Å². The molecule has 3 nitrogen and oxygen atoms in total. The summed E-state index contributed by atoms with van der Waals surface area (Å²) in [6.45, 7) is 12.1. The Balaban J connectivity index is 1.11. The fraction of sp³-hybridized carbons (Fsp3) is 0.130. The van der Waals surface area contributed by atoms with E-state index in [9.17, 15) is 0 Å². The molecule has 5 aliphatic rings. The number of aryl methyl sites for hydroxylation is 1. The molecule has 0 unspecified atom stereocenters. The minimum atomic E-state index is -2.97. The van der Waals surface area contributed by atoms with Crippen molar-refractivity contribution in [3.63, 3.8) is 0 Å². The van der Waals surface area contributed by atoms with Gasteiger partial charge >= 0.3 is 6.85 Å². The highest BCUT2D eigenvalue weighted by Gasteiger charge is 2.55. The van der Waals surface area contributed by atoms with Crippen LogP contribution in [0.4, 0.5) is 45.5 Å². The minimum absolute atomic E-state index is 0.0138. The second-order valence-electron chi connectivity index (χ2n) is 22.7. The summed E-state index contributed by atoms with van der Waals surface area (Å²) in [7, 11) is -2.97. The number of rotatable bonds is 6. The molecule has 0 atom stereocenters. The Hall–Kier alpha value is -7.42. The Morgan fingerprint density at radius 2 is 0.987 bits per heavy atom. The summed E-state index contributed by atoms with van der Waals surface area (Å²) < 4.78 is 0. The maximum Gasteiger partial charge on any atom is 0.333 e. The highest BCUT2D eigenvalue weighted by Crippen LogP contribution is 2.56. The van der Waals surface area contributed by atoms with Crippen molar-refractivity contribution in [1.29, 1.82) is 0 Å². The first kappa shape index (κ1) is 45.9. The van der Waals surface area contributed by atoms with E-state index in [-0.39, 0.29) is 17.7 Å². The lowest BCUT2D eigenvalue weighted by atomic mass is 9.43. The number of benzene rings is 10. The first-order valence-corrected chi connectivity index (χ1v) is 30.5. The van der Waals surface area contributed by atoms with Crippen LogP contribution in [0.15, 0.2) is 244 Å². The highest BCUT2D eigenvalue weighted by molar-refractivity contribution is 8.05. The van der Waals surface area contributed by atoms with Crippen LogP contribution in [0.5, 0.6) is 0 Å². The fourth-order valence-electron chi connectivity index (χ4n) is 13.8. The van der Waals surface area contributed by atoms with Crippen molar-refractivity contribution in [2.45, 2.75) is 77.9 Å². The molecule has 366 valence electrons. The third-order valence-corrected chi connectivity index (χ3v) is 24.8. The van der Waals surface area contributed by atoms with Crippen LogP contribution in [0.2, 0.25) is 0 Å². The van der Waals surface area contributed by atoms with Crippen LogP contribution in [0.3, 0.4) is 0 Å². The number of anilines is 8. The van der Waals surface area contributed by atoms with Gasteiger partial charge in [-0.15, -0.1) is 0 Å². The fourth-order valence-corrected chi connectivity index (χ4v) is 21.3. The summed E-state index contributed by atoms with van der Waals surface area (Å²) in [6.07, 6.45) is 2.32. The summed E-state index contributed by atoms with van der Waals surface area (Å²) in [5, 5.41) is 5.64. The van der Waals surface area contributed by atoms with Crippen LogP contribution < -0.4 is 46.3 Å². The van der Waals surface area contributed by atoms with Gasteiger partial charge in [0.1, 0.15) is 0 Å². The second-order valence-corrected chi connectivity index (χ2v) is 28.6. The molecule has 10 aromatic carbocycles. The van der Waals surface area contributed by atoms with Crippen molar-refractivity contribution in [3.8, 4) is 11.1 Å². The van der Waals surface area contributed by atoms with Crippen molar-refractivity contribution >= 4 is 116 Å². The zero-order valence-corrected chi connectivity index (χ0v) is 46.1. The molecule has 0 aromatic heterocycles. The van der Waals surface area contributed by atoms with Gasteiger partial charge in [0.25, 0.3) is 0 Å². The van der Waals surface area contributed by atoms with E-state index in [1.54, 1.807) is 0 Å². The van der Waals surface area contributed by atoms with Crippen molar-refractivity contribution in [1.82, 2.24) is 0 Å². The quantitative estimate of drug-likeness (QED) is 0.153. The van der Waals surface area contributed by atoms with Crippen LogP contribution >= 0.6 is 23.5 Å². The number of para-hydroxylation sites is 4. The third-order valence-electron chi connectivity index (χ3n) is 17.5. The predicted octanol–water partition coefficient (Wildman–Crippen LogP) is 14.8. The molecule has 10 aromatic rings. The lowest BCUT2D eigenvalue weighted by molar-refractivity contribution is 0.332. The standard InChI is InChI=1S/C69H56BN3S2Si/c1-45-39-53-54(69(4,5)38-37-68(53,2)3)42-57(45)72-58-44-63-62(74-60-33-19-20-34-61(60)75-63)43-55(58)70-66-52(40-48(41-59(66)72)71(46-23-10-6-11-24-46)47-25-12-7-13-26-47)51-31-22-36-65-67(51)73(70)56-32-18-21-35-64(56)76(65,49-27-14-8-15-28-49)50-29-16-9-17-30-50/h6-36,39-44H,37-38H2,1-5H3. The van der Waals surface area contributed by atoms with Crippen molar-refractivity contribution < 1.29 is 0 Å². The smallest absolute Gasteiger partial charge is 0.333 e. The van der Waals surface area contributed by atoms with Gasteiger partial charge in [-0.05, 0) is 157 Å². The predicted molar refractivity (Wildman–Crippen MR) is 327 cm³/mol. The third kappa shape index (κ3) is 6.65. The van der Waals surface area contributed by atoms with Gasteiger partial charge < -0.3 is 14.6 Å². The van der Waals surface area contributed by atoms with Gasteiger partial charge in [-0.25, -0.2) is 0 Å². The first-order chi connectivity index (χ1) is 37.1. The molecule has 0 spiro atoms. The molecule has 4 aliphatic heterocycles. The van der Waals surface area contributed by atoms with Gasteiger partial charge in [-0.3, -0.25) is 0 Å². The van der Waals surface area contributed by atoms with E-state index < -0.39 is 8.07 Å². The molecule has 1 aliphatic carbocycles. The van der Waals surface area contributed by atoms with Gasteiger partial charge in [-0.2, -0.15) is 0 Å². The molecule has 4 heterocycles. The Labute approximate surface area is 457 Å². The maximum absolute atomic E-state index is 2.97. The van der Waals surface area contributed by atoms with E-state index in [2.05, 4.69) is 274 Å². The highest BCUT2D eigenvalue weighted by atomic mass is 32.2. The van der Waals surface area contributed by atoms with Crippen LogP contribution in [-0.2, 0) is 10.8 Å². The van der Waals surface area contributed by atoms with E-state index in [1.807, 2.05) is 23.5 Å². The lowest BCUT2D eigenvalue weighted by Gasteiger charge is -2.52. The molecule has 15 rings (SSSR count). The van der Waals surface area contributed by atoms with Crippen molar-refractivity contribution in [2.75, 3.05) is 14.6 Å². The molecule has 0 N–H and O–H groups in total. The van der Waals surface area contributed by atoms with Crippen LogP contribution in [0.25, 0.3) is 11.1 Å². The number of nitrogens with zero attached hydrogens (tertiary/aromatic N) is 3. The zero-order valence-electron chi connectivity index (χ0n) is 43.5. The molecule has 7 heteroatoms. The zero-order chi connectivity index (χ0) is 51.1. The molecular weight excluding hydrogens is 974 g/mol. The van der Waals surface area contributed by atoms with Crippen LogP contribution in [-0.4, -0.2) is 14.9 Å². The second kappa shape index (κ2) is 17.0. The van der Waals surface area contributed by atoms with E-state index in [4.69, 9.17) is 0 Å². The van der Waals surface area contributed by atoms with E-state index in [0.29, 0.717) is 0 Å².